The van der Waals surface area contributed by atoms with Gasteiger partial charge in [-0.05, 0) is 67.4 Å². The molecule has 0 fully saturated rings. The Morgan fingerprint density at radius 2 is 1.79 bits per heavy atom. The van der Waals surface area contributed by atoms with Crippen LogP contribution in [0.15, 0.2) is 78.9 Å². The number of nitrogens with one attached hydrogen (secondary N) is 1. The Bertz CT molecular complexity index is 1420. The number of phenolic OH excluding ortho intramolecular Hbond substituents is 1. The van der Waals surface area contributed by atoms with E-state index in [9.17, 15) is 9.90 Å². The van der Waals surface area contributed by atoms with Gasteiger partial charge in [0.2, 0.25) is 0 Å². The van der Waals surface area contributed by atoms with Gasteiger partial charge in [-0.2, -0.15) is 0 Å². The van der Waals surface area contributed by atoms with Crippen molar-refractivity contribution in [3.05, 3.63) is 112 Å². The number of aryl methyl sites for hydroxylation is 2. The zero-order chi connectivity index (χ0) is 23.7. The molecule has 0 saturated carbocycles. The molecule has 4 aromatic rings. The van der Waals surface area contributed by atoms with E-state index in [1.165, 1.54) is 0 Å². The van der Waals surface area contributed by atoms with Crippen LogP contribution >= 0.6 is 0 Å². The highest BCUT2D eigenvalue weighted by Crippen LogP contribution is 2.34. The Kier molecular flexibility index (Phi) is 5.72. The third kappa shape index (κ3) is 4.48. The highest BCUT2D eigenvalue weighted by molar-refractivity contribution is 5.97. The summed E-state index contributed by atoms with van der Waals surface area (Å²) in [6, 6.07) is 23.0. The van der Waals surface area contributed by atoms with Crippen molar-refractivity contribution in [3.63, 3.8) is 0 Å². The highest BCUT2D eigenvalue weighted by Gasteiger charge is 2.16. The highest BCUT2D eigenvalue weighted by atomic mass is 16.3. The topological polar surface area (TPSA) is 62.2 Å². The minimum absolute atomic E-state index is 0.112. The van der Waals surface area contributed by atoms with Crippen molar-refractivity contribution in [2.45, 2.75) is 26.7 Å². The first-order valence-electron chi connectivity index (χ1n) is 11.4. The number of hydrogen-bond donors (Lipinski definition) is 2. The summed E-state index contributed by atoms with van der Waals surface area (Å²) in [4.78, 5) is 17.7. The number of Topliss-reactive ketones (excluding diaryl/α,β-unsaturated/α-hetero) is 1. The second kappa shape index (κ2) is 8.99. The zero-order valence-electron chi connectivity index (χ0n) is 19.3. The summed E-state index contributed by atoms with van der Waals surface area (Å²) in [5, 5.41) is 13.3. The molecule has 0 bridgehead atoms. The number of phenols is 1. The van der Waals surface area contributed by atoms with Crippen LogP contribution in [0.25, 0.3) is 17.3 Å². The summed E-state index contributed by atoms with van der Waals surface area (Å²) < 4.78 is 0. The fraction of sp³-hybridized carbons (Fsp3) is 0.133. The van der Waals surface area contributed by atoms with Crippen LogP contribution in [-0.2, 0) is 12.8 Å². The van der Waals surface area contributed by atoms with Crippen LogP contribution in [0, 0.1) is 13.8 Å². The van der Waals surface area contributed by atoms with Gasteiger partial charge in [-0.25, -0.2) is 0 Å². The van der Waals surface area contributed by atoms with Crippen molar-refractivity contribution in [2.75, 3.05) is 5.32 Å². The molecule has 1 aliphatic carbocycles. The minimum atomic E-state index is 0.112. The van der Waals surface area contributed by atoms with E-state index in [2.05, 4.69) is 36.5 Å². The molecule has 1 aliphatic rings. The lowest BCUT2D eigenvalue weighted by molar-refractivity contribution is 0.0993. The van der Waals surface area contributed by atoms with Gasteiger partial charge in [-0.1, -0.05) is 48.0 Å². The average Bonchev–Trinajstić information content (AvgIpc) is 3.31. The number of rotatable bonds is 6. The number of aromatic nitrogens is 1. The fourth-order valence-corrected chi connectivity index (χ4v) is 4.29. The van der Waals surface area contributed by atoms with Gasteiger partial charge in [-0.3, -0.25) is 9.78 Å². The summed E-state index contributed by atoms with van der Waals surface area (Å²) >= 11 is 0. The fourth-order valence-electron chi connectivity index (χ4n) is 4.29. The first kappa shape index (κ1) is 21.7. The molecule has 4 heteroatoms. The molecule has 1 aromatic heterocycles. The molecule has 5 rings (SSSR count). The molecule has 0 aliphatic heterocycles. The molecule has 2 N–H and O–H groups in total. The Labute approximate surface area is 199 Å². The molecule has 0 radical (unpaired) electrons. The predicted molar refractivity (Wildman–Crippen MR) is 138 cm³/mol. The van der Waals surface area contributed by atoms with Crippen molar-refractivity contribution in [1.29, 1.82) is 0 Å². The van der Waals surface area contributed by atoms with Crippen molar-refractivity contribution in [1.82, 2.24) is 4.98 Å². The van der Waals surface area contributed by atoms with E-state index < -0.39 is 0 Å². The first-order chi connectivity index (χ1) is 16.5. The Hall–Kier alpha value is -4.18. The third-order valence-electron chi connectivity index (χ3n) is 6.17. The Morgan fingerprint density at radius 1 is 0.971 bits per heavy atom. The average molecular weight is 447 g/mol. The largest absolute Gasteiger partial charge is 0.508 e. The van der Waals surface area contributed by atoms with Crippen LogP contribution < -0.4 is 5.32 Å². The molecular formula is C30H26N2O2. The van der Waals surface area contributed by atoms with Crippen LogP contribution in [0.3, 0.4) is 0 Å². The van der Waals surface area contributed by atoms with Crippen molar-refractivity contribution < 1.29 is 9.90 Å². The molecular weight excluding hydrogens is 420 g/mol. The quantitative estimate of drug-likeness (QED) is 0.319. The van der Waals surface area contributed by atoms with Crippen LogP contribution in [-0.4, -0.2) is 15.9 Å². The number of ketones is 1. The van der Waals surface area contributed by atoms with Crippen molar-refractivity contribution in [3.8, 4) is 17.0 Å². The van der Waals surface area contributed by atoms with Gasteiger partial charge < -0.3 is 10.4 Å². The van der Waals surface area contributed by atoms with Crippen LogP contribution in [0.2, 0.25) is 0 Å². The Morgan fingerprint density at radius 3 is 2.59 bits per heavy atom. The molecule has 1 heterocycles. The number of carbonyl (C=O) groups is 1. The number of benzene rings is 3. The summed E-state index contributed by atoms with van der Waals surface area (Å²) in [5.74, 6) is 0.346. The standard InChI is InChI=1S/C30H26N2O2/c1-19-5-3-6-23(15-19)30(34)17-21-10-9-20(2)27(16-21)32-29-18-28(22-11-13-24(33)14-12-22)31-26-8-4-7-25(26)29/h3-7,9-16,18,33H,8,17H2,1-2H3,(H,31,32). The molecule has 0 amide bonds. The van der Waals surface area contributed by atoms with Crippen LogP contribution in [0.1, 0.15) is 38.3 Å². The summed E-state index contributed by atoms with van der Waals surface area (Å²) in [7, 11) is 0. The van der Waals surface area contributed by atoms with E-state index in [0.29, 0.717) is 6.42 Å². The van der Waals surface area contributed by atoms with Gasteiger partial charge in [0.1, 0.15) is 5.75 Å². The van der Waals surface area contributed by atoms with Gasteiger partial charge >= 0.3 is 0 Å². The number of pyridine rings is 1. The third-order valence-corrected chi connectivity index (χ3v) is 6.17. The lowest BCUT2D eigenvalue weighted by atomic mass is 10.00. The Balaban J connectivity index is 1.45. The first-order valence-corrected chi connectivity index (χ1v) is 11.4. The van der Waals surface area contributed by atoms with Crippen LogP contribution in [0.4, 0.5) is 11.4 Å². The molecule has 0 atom stereocenters. The number of hydrogen-bond acceptors (Lipinski definition) is 4. The number of anilines is 2. The molecule has 4 nitrogen and oxygen atoms in total. The molecule has 168 valence electrons. The molecule has 34 heavy (non-hydrogen) atoms. The maximum Gasteiger partial charge on any atom is 0.167 e. The number of carbonyl (C=O) groups excluding carboxylic acids is 1. The maximum atomic E-state index is 12.8. The number of allylic oxidation sites excluding steroid dienone is 1. The van der Waals surface area contributed by atoms with E-state index in [1.54, 1.807) is 12.1 Å². The molecule has 0 saturated heterocycles. The van der Waals surface area contributed by atoms with Gasteiger partial charge in [0.25, 0.3) is 0 Å². The minimum Gasteiger partial charge on any atom is -0.508 e. The normalized spacial score (nSPS) is 11.9. The van der Waals surface area contributed by atoms with Gasteiger partial charge in [-0.15, -0.1) is 0 Å². The number of nitrogens with zero attached hydrogens (tertiary/aromatic N) is 1. The lowest BCUT2D eigenvalue weighted by Crippen LogP contribution is -2.05. The maximum absolute atomic E-state index is 12.8. The predicted octanol–water partition coefficient (Wildman–Crippen LogP) is 6.81. The van der Waals surface area contributed by atoms with E-state index in [1.807, 2.05) is 55.5 Å². The second-order valence-electron chi connectivity index (χ2n) is 8.81. The molecule has 3 aromatic carbocycles. The van der Waals surface area contributed by atoms with Crippen molar-refractivity contribution >= 4 is 23.2 Å². The van der Waals surface area contributed by atoms with Gasteiger partial charge in [0, 0.05) is 40.9 Å². The monoisotopic (exact) mass is 446 g/mol. The van der Waals surface area contributed by atoms with Crippen LogP contribution in [0.5, 0.6) is 5.75 Å². The van der Waals surface area contributed by atoms with Gasteiger partial charge in [0.05, 0.1) is 11.4 Å². The zero-order valence-corrected chi connectivity index (χ0v) is 19.3. The SMILES string of the molecule is Cc1cccc(C(=O)Cc2ccc(C)c(Nc3cc(-c4ccc(O)cc4)nc4c3C=CC4)c2)c1. The number of aromatic hydroxyl groups is 1. The lowest BCUT2D eigenvalue weighted by Gasteiger charge is -2.16. The van der Waals surface area contributed by atoms with E-state index in [0.717, 1.165) is 62.6 Å². The number of fused-ring (bicyclic) bond motifs is 1. The van der Waals surface area contributed by atoms with E-state index in [4.69, 9.17) is 4.98 Å². The summed E-state index contributed by atoms with van der Waals surface area (Å²) in [5.41, 5.74) is 9.77. The summed E-state index contributed by atoms with van der Waals surface area (Å²) in [6.45, 7) is 4.06. The summed E-state index contributed by atoms with van der Waals surface area (Å²) in [6.07, 6.45) is 5.37. The van der Waals surface area contributed by atoms with E-state index >= 15 is 0 Å². The molecule has 0 unspecified atom stereocenters. The van der Waals surface area contributed by atoms with E-state index in [-0.39, 0.29) is 11.5 Å². The second-order valence-corrected chi connectivity index (χ2v) is 8.81. The van der Waals surface area contributed by atoms with Gasteiger partial charge in [0.15, 0.2) is 5.78 Å². The smallest absolute Gasteiger partial charge is 0.167 e. The molecule has 0 spiro atoms. The van der Waals surface area contributed by atoms with Crippen molar-refractivity contribution in [2.24, 2.45) is 0 Å².